The lowest BCUT2D eigenvalue weighted by molar-refractivity contribution is -0.911. The number of nitrogens with zero attached hydrogens (tertiary/aromatic N) is 2. The molecule has 0 amide bonds. The van der Waals surface area contributed by atoms with Crippen LogP contribution in [0.2, 0.25) is 0 Å². The van der Waals surface area contributed by atoms with Gasteiger partial charge in [-0.3, -0.25) is 0 Å². The number of nitrogens with one attached hydrogen (secondary N) is 1. The first kappa shape index (κ1) is 11.6. The lowest BCUT2D eigenvalue weighted by Crippen LogP contribution is -3.09. The monoisotopic (exact) mass is 262 g/mol. The molecule has 1 N–H and O–H groups in total. The summed E-state index contributed by atoms with van der Waals surface area (Å²) in [6.45, 7) is 3.22. The molecule has 0 unspecified atom stereocenters. The van der Waals surface area contributed by atoms with Crippen molar-refractivity contribution < 1.29 is 9.32 Å². The van der Waals surface area contributed by atoms with Crippen molar-refractivity contribution in [3.63, 3.8) is 0 Å². The first-order valence-electron chi connectivity index (χ1n) is 6.30. The quantitative estimate of drug-likeness (QED) is 0.852. The molecule has 0 atom stereocenters. The largest absolute Gasteiger partial charge is 0.409 e. The summed E-state index contributed by atoms with van der Waals surface area (Å²) in [6.07, 6.45) is 2.60. The number of hydrogen-bond donors (Lipinski definition) is 1. The molecule has 2 aromatic rings. The van der Waals surface area contributed by atoms with Gasteiger partial charge in [-0.25, -0.2) is 0 Å². The van der Waals surface area contributed by atoms with Gasteiger partial charge in [0.15, 0.2) is 6.67 Å². The van der Waals surface area contributed by atoms with Crippen LogP contribution in [-0.2, 0) is 6.67 Å². The zero-order valence-electron chi connectivity index (χ0n) is 10.1. The Kier molecular flexibility index (Phi) is 3.25. The minimum absolute atomic E-state index is 0.466. The van der Waals surface area contributed by atoms with Crippen molar-refractivity contribution >= 4 is 12.2 Å². The summed E-state index contributed by atoms with van der Waals surface area (Å²) in [5.74, 6) is 0.610. The van der Waals surface area contributed by atoms with Gasteiger partial charge in [0.1, 0.15) is 0 Å². The van der Waals surface area contributed by atoms with Crippen molar-refractivity contribution in [1.82, 2.24) is 9.78 Å². The molecule has 0 saturated carbocycles. The van der Waals surface area contributed by atoms with Crippen molar-refractivity contribution in [3.05, 3.63) is 35.2 Å². The van der Waals surface area contributed by atoms with Gasteiger partial charge in [-0.1, -0.05) is 18.2 Å². The van der Waals surface area contributed by atoms with Crippen LogP contribution in [0.25, 0.3) is 11.5 Å². The molecular weight excluding hydrogens is 246 g/mol. The fourth-order valence-electron chi connectivity index (χ4n) is 2.35. The Balaban J connectivity index is 1.84. The summed E-state index contributed by atoms with van der Waals surface area (Å²) >= 11 is 5.23. The van der Waals surface area contributed by atoms with Crippen molar-refractivity contribution in [2.24, 2.45) is 0 Å². The molecule has 18 heavy (non-hydrogen) atoms. The van der Waals surface area contributed by atoms with E-state index < -0.39 is 0 Å². The van der Waals surface area contributed by atoms with Crippen LogP contribution in [0.4, 0.5) is 0 Å². The number of aromatic nitrogens is 2. The fraction of sp³-hybridized carbons (Fsp3) is 0.385. The van der Waals surface area contributed by atoms with Crippen LogP contribution in [-0.4, -0.2) is 22.9 Å². The smallest absolute Gasteiger partial charge is 0.292 e. The van der Waals surface area contributed by atoms with E-state index in [0.29, 0.717) is 10.7 Å². The van der Waals surface area contributed by atoms with E-state index in [1.54, 1.807) is 4.68 Å². The van der Waals surface area contributed by atoms with Crippen LogP contribution in [0.5, 0.6) is 0 Å². The Morgan fingerprint density at radius 1 is 1.22 bits per heavy atom. The highest BCUT2D eigenvalue weighted by Gasteiger charge is 2.17. The molecule has 1 saturated heterocycles. The van der Waals surface area contributed by atoms with Crippen LogP contribution in [0.15, 0.2) is 34.7 Å². The van der Waals surface area contributed by atoms with Crippen LogP contribution >= 0.6 is 12.2 Å². The highest BCUT2D eigenvalue weighted by molar-refractivity contribution is 7.71. The van der Waals surface area contributed by atoms with E-state index in [2.05, 4.69) is 5.10 Å². The summed E-state index contributed by atoms with van der Waals surface area (Å²) in [7, 11) is 0. The summed E-state index contributed by atoms with van der Waals surface area (Å²) in [5.41, 5.74) is 0.971. The highest BCUT2D eigenvalue weighted by Crippen LogP contribution is 2.16. The van der Waals surface area contributed by atoms with E-state index in [0.717, 1.165) is 12.2 Å². The van der Waals surface area contributed by atoms with E-state index in [1.165, 1.54) is 30.8 Å². The molecule has 1 fully saturated rings. The molecule has 1 aromatic carbocycles. The molecule has 1 aromatic heterocycles. The Hall–Kier alpha value is -1.46. The first-order chi connectivity index (χ1) is 8.83. The Morgan fingerprint density at radius 3 is 2.67 bits per heavy atom. The van der Waals surface area contributed by atoms with E-state index in [1.807, 2.05) is 30.3 Å². The summed E-state index contributed by atoms with van der Waals surface area (Å²) < 4.78 is 7.37. The fourth-order valence-corrected chi connectivity index (χ4v) is 2.53. The average molecular weight is 262 g/mol. The SMILES string of the molecule is S=c1oc(-c2ccccc2)nn1C[NH+]1CCCC1. The third kappa shape index (κ3) is 2.37. The Bertz CT molecular complexity index is 569. The van der Waals surface area contributed by atoms with Gasteiger partial charge >= 0.3 is 0 Å². The second kappa shape index (κ2) is 5.04. The zero-order chi connectivity index (χ0) is 12.4. The second-order valence-corrected chi connectivity index (χ2v) is 5.00. The lowest BCUT2D eigenvalue weighted by atomic mass is 10.2. The van der Waals surface area contributed by atoms with Gasteiger partial charge in [0.05, 0.1) is 13.1 Å². The van der Waals surface area contributed by atoms with Gasteiger partial charge in [0.2, 0.25) is 5.89 Å². The molecule has 94 valence electrons. The highest BCUT2D eigenvalue weighted by atomic mass is 32.1. The molecule has 0 bridgehead atoms. The number of benzene rings is 1. The first-order valence-corrected chi connectivity index (χ1v) is 6.71. The predicted octanol–water partition coefficient (Wildman–Crippen LogP) is 1.51. The van der Waals surface area contributed by atoms with Crippen LogP contribution in [0.1, 0.15) is 12.8 Å². The molecular formula is C13H16N3OS+. The molecule has 0 spiro atoms. The van der Waals surface area contributed by atoms with Crippen LogP contribution in [0, 0.1) is 4.84 Å². The number of quaternary nitrogens is 1. The summed E-state index contributed by atoms with van der Waals surface area (Å²) in [6, 6.07) is 9.88. The summed E-state index contributed by atoms with van der Waals surface area (Å²) in [4.78, 5) is 1.99. The molecule has 0 radical (unpaired) electrons. The van der Waals surface area contributed by atoms with Crippen molar-refractivity contribution in [2.45, 2.75) is 19.5 Å². The standard InChI is InChI=1S/C13H15N3OS/c18-13-16(10-15-8-4-5-9-15)14-12(17-13)11-6-2-1-3-7-11/h1-3,6-7H,4-5,8-10H2/p+1. The normalized spacial score (nSPS) is 16.2. The maximum atomic E-state index is 5.56. The average Bonchev–Trinajstić information content (AvgIpc) is 3.02. The zero-order valence-corrected chi connectivity index (χ0v) is 10.9. The third-order valence-corrected chi connectivity index (χ3v) is 3.61. The van der Waals surface area contributed by atoms with Crippen molar-refractivity contribution in [3.8, 4) is 11.5 Å². The molecule has 3 rings (SSSR count). The lowest BCUT2D eigenvalue weighted by Gasteiger charge is -2.10. The molecule has 0 aliphatic carbocycles. The maximum absolute atomic E-state index is 5.56. The van der Waals surface area contributed by atoms with E-state index in [-0.39, 0.29) is 0 Å². The molecule has 1 aliphatic rings. The Morgan fingerprint density at radius 2 is 1.94 bits per heavy atom. The topological polar surface area (TPSA) is 35.4 Å². The molecule has 4 nitrogen and oxygen atoms in total. The van der Waals surface area contributed by atoms with Gasteiger partial charge in [0.25, 0.3) is 4.84 Å². The van der Waals surface area contributed by atoms with Crippen LogP contribution in [0.3, 0.4) is 0 Å². The van der Waals surface area contributed by atoms with Gasteiger partial charge in [-0.15, -0.1) is 5.10 Å². The Labute approximate surface area is 111 Å². The number of likely N-dealkylation sites (tertiary alicyclic amines) is 1. The van der Waals surface area contributed by atoms with E-state index in [9.17, 15) is 0 Å². The summed E-state index contributed by atoms with van der Waals surface area (Å²) in [5, 5.41) is 4.47. The van der Waals surface area contributed by atoms with Crippen molar-refractivity contribution in [2.75, 3.05) is 13.1 Å². The van der Waals surface area contributed by atoms with Gasteiger partial charge in [-0.2, -0.15) is 4.68 Å². The second-order valence-electron chi connectivity index (χ2n) is 4.65. The minimum Gasteiger partial charge on any atom is -0.409 e. The molecule has 1 aliphatic heterocycles. The van der Waals surface area contributed by atoms with Crippen molar-refractivity contribution in [1.29, 1.82) is 0 Å². The van der Waals surface area contributed by atoms with Crippen LogP contribution < -0.4 is 4.90 Å². The van der Waals surface area contributed by atoms with Gasteiger partial charge in [-0.05, 0) is 24.4 Å². The number of rotatable bonds is 3. The minimum atomic E-state index is 0.466. The molecule has 5 heteroatoms. The third-order valence-electron chi connectivity index (χ3n) is 3.31. The van der Waals surface area contributed by atoms with Gasteiger partial charge < -0.3 is 9.32 Å². The molecule has 2 heterocycles. The van der Waals surface area contributed by atoms with E-state index >= 15 is 0 Å². The van der Waals surface area contributed by atoms with E-state index in [4.69, 9.17) is 16.6 Å². The number of hydrogen-bond acceptors (Lipinski definition) is 3. The maximum Gasteiger partial charge on any atom is 0.292 e. The predicted molar refractivity (Wildman–Crippen MR) is 70.7 cm³/mol. The van der Waals surface area contributed by atoms with Gasteiger partial charge in [0, 0.05) is 18.4 Å².